The molecule has 4 atom stereocenters. The number of nitrogen functional groups attached to an aromatic ring is 1. The van der Waals surface area contributed by atoms with E-state index in [0.29, 0.717) is 11.2 Å². The summed E-state index contributed by atoms with van der Waals surface area (Å²) in [5, 5.41) is 29.7. The molecule has 0 saturated carbocycles. The number of anilines is 1. The van der Waals surface area contributed by atoms with E-state index in [-0.39, 0.29) is 5.82 Å². The maximum Gasteiger partial charge on any atom is 0.199 e. The van der Waals surface area contributed by atoms with Crippen LogP contribution in [0.15, 0.2) is 12.7 Å². The fourth-order valence-corrected chi connectivity index (χ4v) is 2.39. The molecule has 0 radical (unpaired) electrons. The van der Waals surface area contributed by atoms with Gasteiger partial charge in [-0.25, -0.2) is 15.0 Å². The van der Waals surface area contributed by atoms with E-state index in [9.17, 15) is 15.3 Å². The number of rotatable bonds is 2. The van der Waals surface area contributed by atoms with Gasteiger partial charge in [0.15, 0.2) is 23.3 Å². The van der Waals surface area contributed by atoms with Gasteiger partial charge in [0, 0.05) is 0 Å². The summed E-state index contributed by atoms with van der Waals surface area (Å²) in [5.74, 6) is 2.29. The Hall–Kier alpha value is -2.25. The Kier molecular flexibility index (Phi) is 3.03. The third kappa shape index (κ3) is 1.78. The number of aromatic nitrogens is 4. The van der Waals surface area contributed by atoms with Gasteiger partial charge in [-0.2, -0.15) is 0 Å². The van der Waals surface area contributed by atoms with Crippen molar-refractivity contribution in [2.45, 2.75) is 24.0 Å². The van der Waals surface area contributed by atoms with Crippen LogP contribution >= 0.6 is 0 Å². The Bertz CT molecular complexity index is 726. The number of aliphatic hydroxyl groups is 3. The first kappa shape index (κ1) is 13.7. The zero-order valence-corrected chi connectivity index (χ0v) is 10.8. The van der Waals surface area contributed by atoms with E-state index in [1.54, 1.807) is 0 Å². The highest BCUT2D eigenvalue weighted by Crippen LogP contribution is 2.39. The van der Waals surface area contributed by atoms with E-state index in [1.807, 2.05) is 0 Å². The van der Waals surface area contributed by atoms with Crippen LogP contribution in [0.4, 0.5) is 5.82 Å². The Morgan fingerprint density at radius 2 is 2.24 bits per heavy atom. The van der Waals surface area contributed by atoms with Crippen molar-refractivity contribution in [3.05, 3.63) is 12.7 Å². The van der Waals surface area contributed by atoms with Crippen LogP contribution in [0.2, 0.25) is 0 Å². The highest BCUT2D eigenvalue weighted by Gasteiger charge is 2.55. The number of hydrogen-bond acceptors (Lipinski definition) is 8. The van der Waals surface area contributed by atoms with Crippen LogP contribution < -0.4 is 5.73 Å². The summed E-state index contributed by atoms with van der Waals surface area (Å²) in [6.07, 6.45) is 4.27. The summed E-state index contributed by atoms with van der Waals surface area (Å²) >= 11 is 0. The van der Waals surface area contributed by atoms with E-state index >= 15 is 0 Å². The Morgan fingerprint density at radius 1 is 1.48 bits per heavy atom. The molecule has 3 rings (SSSR count). The molecule has 9 heteroatoms. The molecule has 0 amide bonds. The second-order valence-electron chi connectivity index (χ2n) is 4.71. The number of nitrogens with zero attached hydrogens (tertiary/aromatic N) is 4. The molecule has 0 aromatic carbocycles. The van der Waals surface area contributed by atoms with Crippen LogP contribution in [0.1, 0.15) is 6.23 Å². The molecule has 0 aliphatic carbocycles. The molecule has 21 heavy (non-hydrogen) atoms. The van der Waals surface area contributed by atoms with Crippen LogP contribution in [0.3, 0.4) is 0 Å². The van der Waals surface area contributed by atoms with E-state index < -0.39 is 30.6 Å². The van der Waals surface area contributed by atoms with Crippen LogP contribution in [-0.4, -0.2) is 59.3 Å². The van der Waals surface area contributed by atoms with Gasteiger partial charge in [-0.3, -0.25) is 4.57 Å². The highest BCUT2D eigenvalue weighted by atomic mass is 16.6. The van der Waals surface area contributed by atoms with Gasteiger partial charge in [0.1, 0.15) is 24.1 Å². The van der Waals surface area contributed by atoms with Crippen LogP contribution in [0.25, 0.3) is 11.2 Å². The summed E-state index contributed by atoms with van der Waals surface area (Å²) in [7, 11) is 0. The molecule has 1 aliphatic heterocycles. The number of terminal acetylenes is 1. The lowest BCUT2D eigenvalue weighted by atomic mass is 9.95. The molecule has 1 saturated heterocycles. The molecule has 2 aromatic heterocycles. The van der Waals surface area contributed by atoms with Gasteiger partial charge in [0.25, 0.3) is 0 Å². The molecule has 1 fully saturated rings. The van der Waals surface area contributed by atoms with Crippen molar-refractivity contribution in [3.8, 4) is 12.3 Å². The fourth-order valence-electron chi connectivity index (χ4n) is 2.39. The first-order chi connectivity index (χ1) is 10.0. The summed E-state index contributed by atoms with van der Waals surface area (Å²) in [4.78, 5) is 11.9. The standard InChI is InChI=1S/C12H13N5O4/c1-2-12(20)8(19)6(3-18)21-11(12)17-5-16-7-9(13)14-4-15-10(7)17/h1,4-6,8,11,18-20H,3H2,(H2,13,14,15)/t6-,8+,11-,12?/m1/s1. The van der Waals surface area contributed by atoms with Crippen LogP contribution in [-0.2, 0) is 4.74 Å². The molecule has 9 nitrogen and oxygen atoms in total. The van der Waals surface area contributed by atoms with E-state index in [1.165, 1.54) is 17.2 Å². The van der Waals surface area contributed by atoms with Crippen LogP contribution in [0, 0.1) is 12.3 Å². The molecular formula is C12H13N5O4. The molecule has 110 valence electrons. The Morgan fingerprint density at radius 3 is 2.90 bits per heavy atom. The number of nitrogens with two attached hydrogens (primary N) is 1. The van der Waals surface area contributed by atoms with Gasteiger partial charge in [-0.15, -0.1) is 6.42 Å². The van der Waals surface area contributed by atoms with Crippen molar-refractivity contribution in [1.82, 2.24) is 19.5 Å². The van der Waals surface area contributed by atoms with Gasteiger partial charge >= 0.3 is 0 Å². The summed E-state index contributed by atoms with van der Waals surface area (Å²) in [5.41, 5.74) is 4.28. The third-order valence-corrected chi connectivity index (χ3v) is 3.53. The average molecular weight is 291 g/mol. The average Bonchev–Trinajstić information content (AvgIpc) is 3.01. The first-order valence-corrected chi connectivity index (χ1v) is 6.10. The van der Waals surface area contributed by atoms with Crippen molar-refractivity contribution in [3.63, 3.8) is 0 Å². The van der Waals surface area contributed by atoms with Gasteiger partial charge in [-0.1, -0.05) is 5.92 Å². The molecule has 5 N–H and O–H groups in total. The van der Waals surface area contributed by atoms with Crippen molar-refractivity contribution in [2.24, 2.45) is 0 Å². The number of ether oxygens (including phenoxy) is 1. The monoisotopic (exact) mass is 291 g/mol. The normalized spacial score (nSPS) is 32.4. The third-order valence-electron chi connectivity index (χ3n) is 3.53. The highest BCUT2D eigenvalue weighted by molar-refractivity contribution is 5.81. The molecule has 1 unspecified atom stereocenters. The van der Waals surface area contributed by atoms with Gasteiger partial charge in [0.05, 0.1) is 12.9 Å². The largest absolute Gasteiger partial charge is 0.394 e. The number of aliphatic hydroxyl groups excluding tert-OH is 2. The zero-order chi connectivity index (χ0) is 15.2. The van der Waals surface area contributed by atoms with E-state index in [2.05, 4.69) is 20.9 Å². The van der Waals surface area contributed by atoms with Gasteiger partial charge in [0.2, 0.25) is 0 Å². The second-order valence-corrected chi connectivity index (χ2v) is 4.71. The Labute approximate surface area is 119 Å². The fraction of sp³-hybridized carbons (Fsp3) is 0.417. The van der Waals surface area contributed by atoms with Gasteiger partial charge < -0.3 is 25.8 Å². The zero-order valence-electron chi connectivity index (χ0n) is 10.8. The van der Waals surface area contributed by atoms with Crippen LogP contribution in [0.5, 0.6) is 0 Å². The molecule has 0 spiro atoms. The van der Waals surface area contributed by atoms with Gasteiger partial charge in [-0.05, 0) is 0 Å². The number of hydrogen-bond donors (Lipinski definition) is 4. The summed E-state index contributed by atoms with van der Waals surface area (Å²) < 4.78 is 6.80. The lowest BCUT2D eigenvalue weighted by molar-refractivity contribution is -0.0721. The predicted molar refractivity (Wildman–Crippen MR) is 70.5 cm³/mol. The minimum Gasteiger partial charge on any atom is -0.394 e. The Balaban J connectivity index is 2.14. The maximum atomic E-state index is 10.5. The molecular weight excluding hydrogens is 278 g/mol. The van der Waals surface area contributed by atoms with Crippen molar-refractivity contribution >= 4 is 17.0 Å². The SMILES string of the molecule is C#CC1(O)[C@@H](O)[C@@H](CO)O[C@H]1n1cnc2c(N)ncnc21. The molecule has 3 heterocycles. The van der Waals surface area contributed by atoms with Crippen molar-refractivity contribution < 1.29 is 20.1 Å². The second kappa shape index (κ2) is 4.64. The lowest BCUT2D eigenvalue weighted by Crippen LogP contribution is -2.45. The van der Waals surface area contributed by atoms with Crippen molar-refractivity contribution in [1.29, 1.82) is 0 Å². The van der Waals surface area contributed by atoms with E-state index in [4.69, 9.17) is 16.9 Å². The van der Waals surface area contributed by atoms with E-state index in [0.717, 1.165) is 0 Å². The maximum absolute atomic E-state index is 10.5. The quantitative estimate of drug-likeness (QED) is 0.467. The van der Waals surface area contributed by atoms with Crippen molar-refractivity contribution in [2.75, 3.05) is 12.3 Å². The molecule has 2 aromatic rings. The minimum atomic E-state index is -2.03. The first-order valence-electron chi connectivity index (χ1n) is 6.10. The number of fused-ring (bicyclic) bond motifs is 1. The summed E-state index contributed by atoms with van der Waals surface area (Å²) in [6, 6.07) is 0. The summed E-state index contributed by atoms with van der Waals surface area (Å²) in [6.45, 7) is -0.495. The number of imidazole rings is 1. The molecule has 1 aliphatic rings. The molecule has 0 bridgehead atoms. The predicted octanol–water partition coefficient (Wildman–Crippen LogP) is -1.98. The smallest absolute Gasteiger partial charge is 0.199 e. The minimum absolute atomic E-state index is 0.167. The topological polar surface area (TPSA) is 140 Å². The lowest BCUT2D eigenvalue weighted by Gasteiger charge is -2.26.